The van der Waals surface area contributed by atoms with Crippen LogP contribution >= 0.6 is 0 Å². The van der Waals surface area contributed by atoms with Gasteiger partial charge in [0.25, 0.3) is 0 Å². The van der Waals surface area contributed by atoms with E-state index < -0.39 is 15.4 Å². The van der Waals surface area contributed by atoms with Crippen molar-refractivity contribution >= 4 is 21.5 Å². The van der Waals surface area contributed by atoms with Crippen molar-refractivity contribution in [1.82, 2.24) is 0 Å². The first-order valence-electron chi connectivity index (χ1n) is 7.09. The predicted octanol–water partition coefficient (Wildman–Crippen LogP) is 1.92. The molecule has 1 aliphatic heterocycles. The van der Waals surface area contributed by atoms with E-state index in [0.717, 1.165) is 11.3 Å². The second-order valence-electron chi connectivity index (χ2n) is 5.45. The van der Waals surface area contributed by atoms with Gasteiger partial charge in [-0.1, -0.05) is 12.1 Å². The molecule has 0 atom stereocenters. The maximum absolute atomic E-state index is 12.3. The van der Waals surface area contributed by atoms with E-state index in [1.54, 1.807) is 6.92 Å². The highest BCUT2D eigenvalue weighted by atomic mass is 32.2. The molecular formula is C15H21NO4S. The lowest BCUT2D eigenvalue weighted by molar-refractivity contribution is -0.148. The number of rotatable bonds is 4. The third-order valence-corrected chi connectivity index (χ3v) is 5.40. The van der Waals surface area contributed by atoms with Crippen LogP contribution in [0.2, 0.25) is 0 Å². The Morgan fingerprint density at radius 3 is 2.57 bits per heavy atom. The highest BCUT2D eigenvalue weighted by Crippen LogP contribution is 2.30. The largest absolute Gasteiger partial charge is 0.464 e. The number of benzene rings is 1. The summed E-state index contributed by atoms with van der Waals surface area (Å²) in [4.78, 5) is 12.3. The first kappa shape index (κ1) is 15.8. The normalized spacial score (nSPS) is 19.7. The molecule has 2 rings (SSSR count). The number of hydrogen-bond acceptors (Lipinski definition) is 5. The van der Waals surface area contributed by atoms with Crippen molar-refractivity contribution in [3.05, 3.63) is 29.8 Å². The molecule has 1 N–H and O–H groups in total. The summed E-state index contributed by atoms with van der Waals surface area (Å²) >= 11 is 0. The van der Waals surface area contributed by atoms with Gasteiger partial charge < -0.3 is 10.1 Å². The van der Waals surface area contributed by atoms with Gasteiger partial charge >= 0.3 is 5.97 Å². The van der Waals surface area contributed by atoms with Crippen molar-refractivity contribution in [3.8, 4) is 0 Å². The summed E-state index contributed by atoms with van der Waals surface area (Å²) in [6.45, 7) is 3.99. The minimum Gasteiger partial charge on any atom is -0.464 e. The van der Waals surface area contributed by atoms with E-state index in [-0.39, 0.29) is 36.9 Å². The maximum atomic E-state index is 12.3. The number of carbonyl (C=O) groups excluding carboxylic acids is 1. The second-order valence-corrected chi connectivity index (χ2v) is 7.75. The molecule has 0 saturated carbocycles. The molecule has 6 heteroatoms. The van der Waals surface area contributed by atoms with Gasteiger partial charge in [-0.05, 0) is 44.4 Å². The van der Waals surface area contributed by atoms with Gasteiger partial charge in [-0.25, -0.2) is 13.2 Å². The second kappa shape index (κ2) is 6.05. The molecule has 1 aliphatic rings. The summed E-state index contributed by atoms with van der Waals surface area (Å²) in [5, 5.41) is 3.22. The third kappa shape index (κ3) is 3.75. The Labute approximate surface area is 125 Å². The first-order valence-corrected chi connectivity index (χ1v) is 8.91. The Bertz CT molecular complexity index is 610. The minimum absolute atomic E-state index is 0.00459. The molecule has 116 valence electrons. The zero-order valence-electron chi connectivity index (χ0n) is 12.4. The Hall–Kier alpha value is -1.56. The number of carbonyl (C=O) groups is 1. The van der Waals surface area contributed by atoms with Gasteiger partial charge in [0.1, 0.15) is 5.54 Å². The molecule has 0 aromatic heterocycles. The van der Waals surface area contributed by atoms with Gasteiger partial charge in [0.15, 0.2) is 9.84 Å². The number of ether oxygens (including phenoxy) is 1. The fourth-order valence-electron chi connectivity index (χ4n) is 2.54. The molecule has 1 fully saturated rings. The van der Waals surface area contributed by atoms with E-state index in [0.29, 0.717) is 0 Å². The van der Waals surface area contributed by atoms with Gasteiger partial charge in [0.05, 0.1) is 18.1 Å². The Morgan fingerprint density at radius 1 is 1.33 bits per heavy atom. The van der Waals surface area contributed by atoms with Crippen molar-refractivity contribution in [2.45, 2.75) is 32.2 Å². The molecule has 21 heavy (non-hydrogen) atoms. The van der Waals surface area contributed by atoms with Crippen molar-refractivity contribution in [2.24, 2.45) is 0 Å². The maximum Gasteiger partial charge on any atom is 0.331 e. The van der Waals surface area contributed by atoms with Crippen LogP contribution in [-0.2, 0) is 19.4 Å². The molecule has 0 unspecified atom stereocenters. The number of nitrogens with one attached hydrogen (secondary N) is 1. The number of anilines is 1. The van der Waals surface area contributed by atoms with Crippen LogP contribution in [-0.4, -0.2) is 38.0 Å². The summed E-state index contributed by atoms with van der Waals surface area (Å²) in [6, 6.07) is 7.67. The SMILES string of the molecule is CCOC(=O)C1(Nc2cccc(C)c2)CCS(=O)(=O)CC1. The topological polar surface area (TPSA) is 72.5 Å². The van der Waals surface area contributed by atoms with E-state index in [4.69, 9.17) is 4.74 Å². The summed E-state index contributed by atoms with van der Waals surface area (Å²) in [6.07, 6.45) is 0.476. The molecule has 1 saturated heterocycles. The highest BCUT2D eigenvalue weighted by Gasteiger charge is 2.44. The van der Waals surface area contributed by atoms with Crippen LogP contribution in [0.25, 0.3) is 0 Å². The first-order chi connectivity index (χ1) is 9.87. The molecule has 0 radical (unpaired) electrons. The number of sulfone groups is 1. The van der Waals surface area contributed by atoms with Crippen LogP contribution in [0, 0.1) is 6.92 Å². The van der Waals surface area contributed by atoms with E-state index in [1.807, 2.05) is 31.2 Å². The lowest BCUT2D eigenvalue weighted by Crippen LogP contribution is -2.52. The zero-order chi connectivity index (χ0) is 15.5. The third-order valence-electron chi connectivity index (χ3n) is 3.75. The molecule has 0 amide bonds. The quantitative estimate of drug-likeness (QED) is 0.860. The van der Waals surface area contributed by atoms with Crippen molar-refractivity contribution in [1.29, 1.82) is 0 Å². The highest BCUT2D eigenvalue weighted by molar-refractivity contribution is 7.91. The molecule has 0 spiro atoms. The van der Waals surface area contributed by atoms with Gasteiger partial charge in [0, 0.05) is 5.69 Å². The van der Waals surface area contributed by atoms with Gasteiger partial charge in [-0.3, -0.25) is 0 Å². The average Bonchev–Trinajstić information content (AvgIpc) is 2.42. The Morgan fingerprint density at radius 2 is 2.00 bits per heavy atom. The average molecular weight is 311 g/mol. The van der Waals surface area contributed by atoms with Gasteiger partial charge in [-0.15, -0.1) is 0 Å². The fraction of sp³-hybridized carbons (Fsp3) is 0.533. The summed E-state index contributed by atoms with van der Waals surface area (Å²) in [7, 11) is -3.05. The summed E-state index contributed by atoms with van der Waals surface area (Å²) in [5.41, 5.74) is 0.930. The van der Waals surface area contributed by atoms with Crippen molar-refractivity contribution < 1.29 is 17.9 Å². The summed E-state index contributed by atoms with van der Waals surface area (Å²) in [5.74, 6) is -0.365. The smallest absolute Gasteiger partial charge is 0.331 e. The van der Waals surface area contributed by atoms with Gasteiger partial charge in [0.2, 0.25) is 0 Å². The van der Waals surface area contributed by atoms with E-state index in [2.05, 4.69) is 5.32 Å². The van der Waals surface area contributed by atoms with Crippen molar-refractivity contribution in [2.75, 3.05) is 23.4 Å². The zero-order valence-corrected chi connectivity index (χ0v) is 13.2. The molecule has 1 aromatic rings. The molecule has 1 aromatic carbocycles. The molecular weight excluding hydrogens is 290 g/mol. The van der Waals surface area contributed by atoms with Crippen LogP contribution in [0.1, 0.15) is 25.3 Å². The fourth-order valence-corrected chi connectivity index (χ4v) is 4.06. The lowest BCUT2D eigenvalue weighted by Gasteiger charge is -2.36. The standard InChI is InChI=1S/C15H21NO4S/c1-3-20-14(17)15(7-9-21(18,19)10-8-15)16-13-6-4-5-12(2)11-13/h4-6,11,16H,3,7-10H2,1-2H3. The van der Waals surface area contributed by atoms with E-state index >= 15 is 0 Å². The predicted molar refractivity (Wildman–Crippen MR) is 82.1 cm³/mol. The number of aryl methyl sites for hydroxylation is 1. The molecule has 5 nitrogen and oxygen atoms in total. The van der Waals surface area contributed by atoms with E-state index in [1.165, 1.54) is 0 Å². The Balaban J connectivity index is 2.26. The molecule has 0 bridgehead atoms. The van der Waals surface area contributed by atoms with Gasteiger partial charge in [-0.2, -0.15) is 0 Å². The van der Waals surface area contributed by atoms with Crippen LogP contribution in [0.15, 0.2) is 24.3 Å². The lowest BCUT2D eigenvalue weighted by atomic mass is 9.91. The van der Waals surface area contributed by atoms with Crippen LogP contribution < -0.4 is 5.32 Å². The van der Waals surface area contributed by atoms with Crippen LogP contribution in [0.5, 0.6) is 0 Å². The minimum atomic E-state index is -3.05. The van der Waals surface area contributed by atoms with Crippen LogP contribution in [0.3, 0.4) is 0 Å². The number of hydrogen-bond donors (Lipinski definition) is 1. The Kier molecular flexibility index (Phi) is 4.56. The molecule has 1 heterocycles. The van der Waals surface area contributed by atoms with Crippen LogP contribution in [0.4, 0.5) is 5.69 Å². The van der Waals surface area contributed by atoms with Crippen molar-refractivity contribution in [3.63, 3.8) is 0 Å². The monoisotopic (exact) mass is 311 g/mol. The summed E-state index contributed by atoms with van der Waals surface area (Å²) < 4.78 is 28.5. The molecule has 0 aliphatic carbocycles. The van der Waals surface area contributed by atoms with E-state index in [9.17, 15) is 13.2 Å². The number of esters is 1.